The molecule has 0 fully saturated rings. The van der Waals surface area contributed by atoms with Crippen LogP contribution in [0.4, 0.5) is 5.82 Å². The van der Waals surface area contributed by atoms with Crippen LogP contribution in [-0.4, -0.2) is 18.4 Å². The maximum absolute atomic E-state index is 12.1. The third kappa shape index (κ3) is 3.27. The predicted molar refractivity (Wildman–Crippen MR) is 71.6 cm³/mol. The molecule has 0 saturated heterocycles. The van der Waals surface area contributed by atoms with Crippen molar-refractivity contribution < 1.29 is 8.42 Å². The number of nitrogens with one attached hydrogen (secondary N) is 1. The molecule has 0 spiro atoms. The second-order valence-electron chi connectivity index (χ2n) is 4.04. The Morgan fingerprint density at radius 3 is 2.79 bits per heavy atom. The number of pyridine rings is 2. The van der Waals surface area contributed by atoms with Crippen LogP contribution in [0.25, 0.3) is 0 Å². The number of sulfonamides is 1. The smallest absolute Gasteiger partial charge is 0.241 e. The Bertz CT molecular complexity index is 686. The number of aromatic nitrogens is 2. The van der Waals surface area contributed by atoms with Gasteiger partial charge in [0.2, 0.25) is 10.0 Å². The summed E-state index contributed by atoms with van der Waals surface area (Å²) in [5.41, 5.74) is 7.28. The van der Waals surface area contributed by atoms with Gasteiger partial charge in [-0.15, -0.1) is 0 Å². The second-order valence-corrected chi connectivity index (χ2v) is 5.81. The first kappa shape index (κ1) is 13.4. The van der Waals surface area contributed by atoms with Crippen molar-refractivity contribution in [2.24, 2.45) is 0 Å². The normalized spacial score (nSPS) is 11.4. The second kappa shape index (κ2) is 5.33. The van der Waals surface area contributed by atoms with E-state index >= 15 is 0 Å². The number of rotatable bonds is 4. The Labute approximate surface area is 111 Å². The zero-order valence-corrected chi connectivity index (χ0v) is 11.2. The number of nitrogens with two attached hydrogens (primary N) is 1. The van der Waals surface area contributed by atoms with Gasteiger partial charge in [0, 0.05) is 31.2 Å². The summed E-state index contributed by atoms with van der Waals surface area (Å²) in [5.74, 6) is 0.169. The molecule has 19 heavy (non-hydrogen) atoms. The van der Waals surface area contributed by atoms with Crippen molar-refractivity contribution in [1.29, 1.82) is 0 Å². The molecule has 0 aliphatic rings. The van der Waals surface area contributed by atoms with Crippen LogP contribution in [-0.2, 0) is 16.6 Å². The van der Waals surface area contributed by atoms with E-state index in [2.05, 4.69) is 14.7 Å². The molecule has 2 aromatic heterocycles. The summed E-state index contributed by atoms with van der Waals surface area (Å²) in [6.07, 6.45) is 4.68. The van der Waals surface area contributed by atoms with E-state index in [1.54, 1.807) is 18.5 Å². The lowest BCUT2D eigenvalue weighted by molar-refractivity contribution is 0.581. The van der Waals surface area contributed by atoms with Gasteiger partial charge in [-0.2, -0.15) is 0 Å². The van der Waals surface area contributed by atoms with Gasteiger partial charge < -0.3 is 5.73 Å². The van der Waals surface area contributed by atoms with Gasteiger partial charge in [-0.1, -0.05) is 0 Å². The summed E-state index contributed by atoms with van der Waals surface area (Å²) in [6.45, 7) is 2.08. The number of anilines is 1. The van der Waals surface area contributed by atoms with Gasteiger partial charge in [0.25, 0.3) is 0 Å². The van der Waals surface area contributed by atoms with E-state index in [0.29, 0.717) is 0 Å². The molecule has 0 radical (unpaired) electrons. The molecule has 0 amide bonds. The van der Waals surface area contributed by atoms with Crippen LogP contribution in [0.15, 0.2) is 41.7 Å². The molecule has 0 saturated carbocycles. The van der Waals surface area contributed by atoms with Crippen molar-refractivity contribution in [3.8, 4) is 0 Å². The molecule has 2 aromatic rings. The SMILES string of the molecule is Cc1cnccc1CNS(=O)(=O)c1ccnc(N)c1. The molecule has 100 valence electrons. The van der Waals surface area contributed by atoms with Crippen molar-refractivity contribution in [3.63, 3.8) is 0 Å². The van der Waals surface area contributed by atoms with E-state index in [0.717, 1.165) is 11.1 Å². The van der Waals surface area contributed by atoms with Gasteiger partial charge in [0.15, 0.2) is 0 Å². The Hall–Kier alpha value is -1.99. The predicted octanol–water partition coefficient (Wildman–Crippen LogP) is 0.846. The summed E-state index contributed by atoms with van der Waals surface area (Å²) in [5, 5.41) is 0. The highest BCUT2D eigenvalue weighted by Gasteiger charge is 2.14. The van der Waals surface area contributed by atoms with Crippen LogP contribution in [0.2, 0.25) is 0 Å². The monoisotopic (exact) mass is 278 g/mol. The highest BCUT2D eigenvalue weighted by Crippen LogP contribution is 2.12. The maximum atomic E-state index is 12.1. The minimum atomic E-state index is -3.59. The quantitative estimate of drug-likeness (QED) is 0.863. The Balaban J connectivity index is 2.17. The molecule has 0 unspecified atom stereocenters. The van der Waals surface area contributed by atoms with E-state index in [4.69, 9.17) is 5.73 Å². The van der Waals surface area contributed by atoms with E-state index in [-0.39, 0.29) is 17.3 Å². The number of nitrogens with zero attached hydrogens (tertiary/aromatic N) is 2. The minimum absolute atomic E-state index is 0.103. The highest BCUT2D eigenvalue weighted by atomic mass is 32.2. The summed E-state index contributed by atoms with van der Waals surface area (Å²) in [7, 11) is -3.59. The highest BCUT2D eigenvalue weighted by molar-refractivity contribution is 7.89. The Kier molecular flexibility index (Phi) is 3.77. The molecule has 0 aromatic carbocycles. The molecule has 0 bridgehead atoms. The number of hydrogen-bond donors (Lipinski definition) is 2. The lowest BCUT2D eigenvalue weighted by Crippen LogP contribution is -2.23. The van der Waals surface area contributed by atoms with E-state index in [1.165, 1.54) is 18.3 Å². The minimum Gasteiger partial charge on any atom is -0.384 e. The van der Waals surface area contributed by atoms with E-state index in [9.17, 15) is 8.42 Å². The summed E-state index contributed by atoms with van der Waals surface area (Å²) >= 11 is 0. The molecular formula is C12H14N4O2S. The van der Waals surface area contributed by atoms with Crippen LogP contribution in [0, 0.1) is 6.92 Å². The Morgan fingerprint density at radius 2 is 2.11 bits per heavy atom. The molecule has 7 heteroatoms. The molecular weight excluding hydrogens is 264 g/mol. The largest absolute Gasteiger partial charge is 0.384 e. The summed E-state index contributed by atoms with van der Waals surface area (Å²) < 4.78 is 26.6. The molecule has 0 atom stereocenters. The number of aryl methyl sites for hydroxylation is 1. The van der Waals surface area contributed by atoms with Gasteiger partial charge in [-0.25, -0.2) is 18.1 Å². The third-order valence-electron chi connectivity index (χ3n) is 2.65. The molecule has 0 aliphatic heterocycles. The topological polar surface area (TPSA) is 98.0 Å². The fraction of sp³-hybridized carbons (Fsp3) is 0.167. The summed E-state index contributed by atoms with van der Waals surface area (Å²) in [6, 6.07) is 4.50. The lowest BCUT2D eigenvalue weighted by atomic mass is 10.2. The van der Waals surface area contributed by atoms with Crippen LogP contribution < -0.4 is 10.5 Å². The maximum Gasteiger partial charge on any atom is 0.241 e. The lowest BCUT2D eigenvalue weighted by Gasteiger charge is -2.08. The van der Waals surface area contributed by atoms with Crippen molar-refractivity contribution in [2.45, 2.75) is 18.4 Å². The number of nitrogen functional groups attached to an aromatic ring is 1. The molecule has 2 heterocycles. The molecule has 0 aliphatic carbocycles. The average Bonchev–Trinajstić information content (AvgIpc) is 2.38. The molecule has 3 N–H and O–H groups in total. The Morgan fingerprint density at radius 1 is 1.32 bits per heavy atom. The van der Waals surface area contributed by atoms with Crippen LogP contribution in [0.5, 0.6) is 0 Å². The van der Waals surface area contributed by atoms with Crippen molar-refractivity contribution >= 4 is 15.8 Å². The van der Waals surface area contributed by atoms with Crippen LogP contribution >= 0.6 is 0 Å². The third-order valence-corrected chi connectivity index (χ3v) is 4.05. The van der Waals surface area contributed by atoms with Crippen molar-refractivity contribution in [2.75, 3.05) is 5.73 Å². The fourth-order valence-electron chi connectivity index (χ4n) is 1.55. The van der Waals surface area contributed by atoms with Gasteiger partial charge >= 0.3 is 0 Å². The first-order chi connectivity index (χ1) is 8.99. The molecule has 2 rings (SSSR count). The van der Waals surface area contributed by atoms with Gasteiger partial charge in [0.05, 0.1) is 4.90 Å². The zero-order chi connectivity index (χ0) is 13.9. The van der Waals surface area contributed by atoms with Crippen molar-refractivity contribution in [3.05, 3.63) is 47.9 Å². The van der Waals surface area contributed by atoms with Crippen LogP contribution in [0.1, 0.15) is 11.1 Å². The number of hydrogen-bond acceptors (Lipinski definition) is 5. The first-order valence-electron chi connectivity index (χ1n) is 5.60. The van der Waals surface area contributed by atoms with E-state index in [1.807, 2.05) is 6.92 Å². The standard InChI is InChI=1S/C12H14N4O2S/c1-9-7-14-4-2-10(9)8-16-19(17,18)11-3-5-15-12(13)6-11/h2-7,16H,8H2,1H3,(H2,13,15). The molecule has 6 nitrogen and oxygen atoms in total. The van der Waals surface area contributed by atoms with Crippen molar-refractivity contribution in [1.82, 2.24) is 14.7 Å². The first-order valence-corrected chi connectivity index (χ1v) is 7.08. The zero-order valence-electron chi connectivity index (χ0n) is 10.4. The van der Waals surface area contributed by atoms with Gasteiger partial charge in [-0.3, -0.25) is 4.98 Å². The van der Waals surface area contributed by atoms with Gasteiger partial charge in [-0.05, 0) is 30.2 Å². The summed E-state index contributed by atoms with van der Waals surface area (Å²) in [4.78, 5) is 7.82. The van der Waals surface area contributed by atoms with Crippen LogP contribution in [0.3, 0.4) is 0 Å². The fourth-order valence-corrected chi connectivity index (χ4v) is 2.58. The van der Waals surface area contributed by atoms with Gasteiger partial charge in [0.1, 0.15) is 5.82 Å². The average molecular weight is 278 g/mol. The van der Waals surface area contributed by atoms with E-state index < -0.39 is 10.0 Å².